The van der Waals surface area contributed by atoms with Gasteiger partial charge in [0.2, 0.25) is 0 Å². The van der Waals surface area contributed by atoms with Gasteiger partial charge in [-0.25, -0.2) is 0 Å². The maximum atomic E-state index is 11.5. The lowest BCUT2D eigenvalue weighted by atomic mass is 10.1. The van der Waals surface area contributed by atoms with E-state index in [0.29, 0.717) is 38.4 Å². The zero-order valence-corrected chi connectivity index (χ0v) is 9.67. The van der Waals surface area contributed by atoms with Crippen LogP contribution in [0.15, 0.2) is 0 Å². The minimum absolute atomic E-state index is 0.0115. The zero-order chi connectivity index (χ0) is 10.9. The highest BCUT2D eigenvalue weighted by atomic mass is 16.6. The Morgan fingerprint density at radius 1 is 1.27 bits per heavy atom. The molecule has 0 N–H and O–H groups in total. The van der Waals surface area contributed by atoms with Gasteiger partial charge in [-0.05, 0) is 6.42 Å². The molecular weight excluding hydrogens is 192 g/mol. The molecule has 3 nitrogen and oxygen atoms in total. The van der Waals surface area contributed by atoms with Crippen LogP contribution >= 0.6 is 0 Å². The Kier molecular flexibility index (Phi) is 6.60. The predicted octanol–water partition coefficient (Wildman–Crippen LogP) is 2.33. The molecule has 0 aromatic carbocycles. The fourth-order valence-electron chi connectivity index (χ4n) is 1.76. The smallest absolute Gasteiger partial charge is 0.135 e. The topological polar surface area (TPSA) is 35.5 Å². The largest absolute Gasteiger partial charge is 0.376 e. The number of ether oxygens (including phenoxy) is 2. The van der Waals surface area contributed by atoms with Crippen molar-refractivity contribution in [1.29, 1.82) is 0 Å². The Morgan fingerprint density at radius 2 is 2.13 bits per heavy atom. The van der Waals surface area contributed by atoms with Crippen LogP contribution in [0.4, 0.5) is 0 Å². The summed E-state index contributed by atoms with van der Waals surface area (Å²) in [6.45, 7) is 4.06. The van der Waals surface area contributed by atoms with E-state index in [1.807, 2.05) is 0 Å². The molecule has 88 valence electrons. The van der Waals surface area contributed by atoms with Crippen molar-refractivity contribution >= 4 is 5.78 Å². The second-order valence-electron chi connectivity index (χ2n) is 4.12. The van der Waals surface area contributed by atoms with Crippen molar-refractivity contribution in [1.82, 2.24) is 0 Å². The van der Waals surface area contributed by atoms with Crippen LogP contribution in [0.1, 0.15) is 45.4 Å². The number of ketones is 1. The molecule has 0 aliphatic carbocycles. The number of hydrogen-bond donors (Lipinski definition) is 0. The summed E-state index contributed by atoms with van der Waals surface area (Å²) >= 11 is 0. The first-order valence-electron chi connectivity index (χ1n) is 6.04. The maximum Gasteiger partial charge on any atom is 0.135 e. The monoisotopic (exact) mass is 214 g/mol. The highest BCUT2D eigenvalue weighted by Gasteiger charge is 2.17. The third-order valence-electron chi connectivity index (χ3n) is 2.65. The minimum atomic E-state index is 0.0115. The van der Waals surface area contributed by atoms with Crippen LogP contribution in [0.25, 0.3) is 0 Å². The molecule has 1 aliphatic heterocycles. The van der Waals surface area contributed by atoms with Gasteiger partial charge in [-0.2, -0.15) is 0 Å². The first kappa shape index (κ1) is 12.7. The molecule has 1 saturated heterocycles. The number of Topliss-reactive ketones (excluding diaryl/α,β-unsaturated/α-hetero) is 1. The van der Waals surface area contributed by atoms with Gasteiger partial charge in [-0.15, -0.1) is 0 Å². The molecule has 0 saturated carbocycles. The van der Waals surface area contributed by atoms with Gasteiger partial charge in [0.1, 0.15) is 5.78 Å². The van der Waals surface area contributed by atoms with Crippen LogP contribution in [0.3, 0.4) is 0 Å². The first-order valence-corrected chi connectivity index (χ1v) is 6.04. The van der Waals surface area contributed by atoms with Crippen molar-refractivity contribution in [3.63, 3.8) is 0 Å². The molecule has 15 heavy (non-hydrogen) atoms. The normalized spacial score (nSPS) is 21.5. The summed E-state index contributed by atoms with van der Waals surface area (Å²) in [6.07, 6.45) is 5.90. The summed E-state index contributed by atoms with van der Waals surface area (Å²) in [7, 11) is 0. The molecule has 0 aromatic heterocycles. The summed E-state index contributed by atoms with van der Waals surface area (Å²) in [6, 6.07) is 0. The number of carbonyl (C=O) groups is 1. The molecule has 0 aromatic rings. The second kappa shape index (κ2) is 7.83. The van der Waals surface area contributed by atoms with E-state index in [4.69, 9.17) is 9.47 Å². The zero-order valence-electron chi connectivity index (χ0n) is 9.67. The quantitative estimate of drug-likeness (QED) is 0.610. The molecule has 1 aliphatic rings. The summed E-state index contributed by atoms with van der Waals surface area (Å²) < 4.78 is 10.7. The Balaban J connectivity index is 2.01. The fraction of sp³-hybridized carbons (Fsp3) is 0.917. The number of rotatable bonds is 7. The Labute approximate surface area is 92.1 Å². The molecule has 1 heterocycles. The van der Waals surface area contributed by atoms with Gasteiger partial charge in [-0.3, -0.25) is 4.79 Å². The number of carbonyl (C=O) groups excluding carboxylic acids is 1. The maximum absolute atomic E-state index is 11.5. The standard InChI is InChI=1S/C12H22O3/c1-2-3-4-5-6-11(13)9-12-10-14-7-8-15-12/h12H,2-10H2,1H3. The molecule has 0 bridgehead atoms. The van der Waals surface area contributed by atoms with Crippen molar-refractivity contribution < 1.29 is 14.3 Å². The Bertz CT molecular complexity index is 174. The lowest BCUT2D eigenvalue weighted by Gasteiger charge is -2.22. The lowest BCUT2D eigenvalue weighted by Crippen LogP contribution is -2.30. The van der Waals surface area contributed by atoms with Crippen molar-refractivity contribution in [2.24, 2.45) is 0 Å². The third-order valence-corrected chi connectivity index (χ3v) is 2.65. The molecule has 3 heteroatoms. The average Bonchev–Trinajstić information content (AvgIpc) is 2.26. The van der Waals surface area contributed by atoms with Crippen molar-refractivity contribution in [2.75, 3.05) is 19.8 Å². The average molecular weight is 214 g/mol. The van der Waals surface area contributed by atoms with Crippen molar-refractivity contribution in [3.8, 4) is 0 Å². The molecule has 0 amide bonds. The van der Waals surface area contributed by atoms with Gasteiger partial charge in [0.25, 0.3) is 0 Å². The van der Waals surface area contributed by atoms with Gasteiger partial charge >= 0.3 is 0 Å². The van der Waals surface area contributed by atoms with Crippen LogP contribution < -0.4 is 0 Å². The lowest BCUT2D eigenvalue weighted by molar-refractivity contribution is -0.129. The predicted molar refractivity (Wildman–Crippen MR) is 58.9 cm³/mol. The first-order chi connectivity index (χ1) is 7.33. The van der Waals surface area contributed by atoms with E-state index >= 15 is 0 Å². The van der Waals surface area contributed by atoms with Crippen molar-refractivity contribution in [2.45, 2.75) is 51.6 Å². The van der Waals surface area contributed by atoms with Crippen molar-refractivity contribution in [3.05, 3.63) is 0 Å². The van der Waals surface area contributed by atoms with Gasteiger partial charge in [-0.1, -0.05) is 26.2 Å². The van der Waals surface area contributed by atoms with Crippen LogP contribution in [0, 0.1) is 0 Å². The van der Waals surface area contributed by atoms with E-state index in [1.54, 1.807) is 0 Å². The van der Waals surface area contributed by atoms with E-state index in [1.165, 1.54) is 19.3 Å². The van der Waals surface area contributed by atoms with Gasteiger partial charge in [0.15, 0.2) is 0 Å². The fourth-order valence-corrected chi connectivity index (χ4v) is 1.76. The summed E-state index contributed by atoms with van der Waals surface area (Å²) in [4.78, 5) is 11.5. The summed E-state index contributed by atoms with van der Waals surface area (Å²) in [5, 5.41) is 0. The molecule has 0 spiro atoms. The van der Waals surface area contributed by atoms with E-state index in [-0.39, 0.29) is 6.10 Å². The molecule has 1 atom stereocenters. The molecular formula is C12H22O3. The highest BCUT2D eigenvalue weighted by molar-refractivity contribution is 5.78. The number of hydrogen-bond acceptors (Lipinski definition) is 3. The van der Waals surface area contributed by atoms with Gasteiger partial charge in [0, 0.05) is 12.8 Å². The van der Waals surface area contributed by atoms with Crippen LogP contribution in [-0.4, -0.2) is 31.7 Å². The van der Waals surface area contributed by atoms with Gasteiger partial charge < -0.3 is 9.47 Å². The van der Waals surface area contributed by atoms with E-state index < -0.39 is 0 Å². The van der Waals surface area contributed by atoms with Crippen LogP contribution in [0.5, 0.6) is 0 Å². The molecule has 1 rings (SSSR count). The molecule has 1 fully saturated rings. The van der Waals surface area contributed by atoms with Gasteiger partial charge in [0.05, 0.1) is 25.9 Å². The van der Waals surface area contributed by atoms with E-state index in [9.17, 15) is 4.79 Å². The molecule has 0 radical (unpaired) electrons. The molecule has 1 unspecified atom stereocenters. The van der Waals surface area contributed by atoms with E-state index in [2.05, 4.69) is 6.92 Å². The van der Waals surface area contributed by atoms with Crippen LogP contribution in [0.2, 0.25) is 0 Å². The van der Waals surface area contributed by atoms with Crippen LogP contribution in [-0.2, 0) is 14.3 Å². The SMILES string of the molecule is CCCCCCC(=O)CC1COCCO1. The highest BCUT2D eigenvalue weighted by Crippen LogP contribution is 2.10. The minimum Gasteiger partial charge on any atom is -0.376 e. The Hall–Kier alpha value is -0.410. The second-order valence-corrected chi connectivity index (χ2v) is 4.12. The number of unbranched alkanes of at least 4 members (excludes halogenated alkanes) is 3. The third kappa shape index (κ3) is 5.90. The Morgan fingerprint density at radius 3 is 2.80 bits per heavy atom. The summed E-state index contributed by atoms with van der Waals surface area (Å²) in [5.74, 6) is 0.321. The van der Waals surface area contributed by atoms with E-state index in [0.717, 1.165) is 6.42 Å². The summed E-state index contributed by atoms with van der Waals surface area (Å²) in [5.41, 5.74) is 0.